The molecule has 1 unspecified atom stereocenters. The molecule has 7 nitrogen and oxygen atoms in total. The van der Waals surface area contributed by atoms with E-state index in [1.165, 1.54) is 0 Å². The van der Waals surface area contributed by atoms with Gasteiger partial charge in [0.15, 0.2) is 0 Å². The number of carboxylic acids is 1. The molecule has 0 aromatic heterocycles. The van der Waals surface area contributed by atoms with Crippen molar-refractivity contribution in [2.75, 3.05) is 0 Å². The Morgan fingerprint density at radius 3 is 3.00 bits per heavy atom. The van der Waals surface area contributed by atoms with Crippen molar-refractivity contribution in [3.8, 4) is 0 Å². The summed E-state index contributed by atoms with van der Waals surface area (Å²) in [5.41, 5.74) is 12.4. The predicted molar refractivity (Wildman–Crippen MR) is 74.1 cm³/mol. The summed E-state index contributed by atoms with van der Waals surface area (Å²) in [6.45, 7) is 0. The molecule has 3 rings (SSSR count). The first-order chi connectivity index (χ1) is 9.67. The molecule has 1 aromatic rings. The van der Waals surface area contributed by atoms with Gasteiger partial charge in [0.1, 0.15) is 6.04 Å². The third-order valence-electron chi connectivity index (χ3n) is 3.42. The van der Waals surface area contributed by atoms with Gasteiger partial charge in [-0.2, -0.15) is 0 Å². The van der Waals surface area contributed by atoms with E-state index in [1.807, 2.05) is 0 Å². The highest BCUT2D eigenvalue weighted by Crippen LogP contribution is 2.32. The van der Waals surface area contributed by atoms with Crippen molar-refractivity contribution in [3.05, 3.63) is 34.2 Å². The van der Waals surface area contributed by atoms with Gasteiger partial charge in [-0.3, -0.25) is 9.98 Å². The van der Waals surface area contributed by atoms with E-state index in [9.17, 15) is 4.79 Å². The maximum absolute atomic E-state index is 10.9. The lowest BCUT2D eigenvalue weighted by Gasteiger charge is -1.98. The fourth-order valence-electron chi connectivity index (χ4n) is 2.46. The van der Waals surface area contributed by atoms with Crippen LogP contribution in [-0.4, -0.2) is 28.5 Å². The molecule has 0 spiro atoms. The normalized spacial score (nSPS) is 19.9. The molecule has 0 fully saturated rings. The Hall–Kier alpha value is -2.66. The van der Waals surface area contributed by atoms with Crippen LogP contribution in [0.3, 0.4) is 0 Å². The topological polar surface area (TPSA) is 111 Å². The number of carbonyl (C=O) groups is 1. The number of hydrogen-bond acceptors (Lipinski definition) is 4. The Labute approximate surface area is 114 Å². The second-order valence-electron chi connectivity index (χ2n) is 4.71. The zero-order chi connectivity index (χ0) is 14.1. The van der Waals surface area contributed by atoms with Crippen molar-refractivity contribution in [1.82, 2.24) is 0 Å². The van der Waals surface area contributed by atoms with E-state index in [2.05, 4.69) is 20.0 Å². The third-order valence-corrected chi connectivity index (χ3v) is 3.42. The number of azide groups is 1. The largest absolute Gasteiger partial charge is 0.480 e. The lowest BCUT2D eigenvalue weighted by atomic mass is 10.0. The fourth-order valence-corrected chi connectivity index (χ4v) is 2.46. The zero-order valence-electron chi connectivity index (χ0n) is 10.5. The van der Waals surface area contributed by atoms with Crippen LogP contribution >= 0.6 is 0 Å². The molecule has 7 heteroatoms. The van der Waals surface area contributed by atoms with Crippen molar-refractivity contribution >= 4 is 28.8 Å². The Bertz CT molecular complexity index is 701. The highest BCUT2D eigenvalue weighted by atomic mass is 16.4. The Balaban J connectivity index is 1.85. The predicted octanol–water partition coefficient (Wildman–Crippen LogP) is 2.95. The second-order valence-corrected chi connectivity index (χ2v) is 4.71. The first-order valence-electron chi connectivity index (χ1n) is 6.23. The van der Waals surface area contributed by atoms with Crippen LogP contribution in [0.1, 0.15) is 18.4 Å². The molecule has 1 atom stereocenters. The molecule has 0 saturated carbocycles. The van der Waals surface area contributed by atoms with Gasteiger partial charge < -0.3 is 5.11 Å². The molecule has 1 N–H and O–H groups in total. The summed E-state index contributed by atoms with van der Waals surface area (Å²) < 4.78 is 0. The molecular formula is C13H11N5O2. The average Bonchev–Trinajstić information content (AvgIpc) is 3.05. The summed E-state index contributed by atoms with van der Waals surface area (Å²) in [5, 5.41) is 12.5. The number of hydrogen-bond donors (Lipinski definition) is 1. The summed E-state index contributed by atoms with van der Waals surface area (Å²) >= 11 is 0. The molecule has 0 aliphatic carbocycles. The first-order valence-corrected chi connectivity index (χ1v) is 6.23. The molecule has 2 aliphatic rings. The molecule has 0 radical (unpaired) electrons. The van der Waals surface area contributed by atoms with Gasteiger partial charge in [0, 0.05) is 17.0 Å². The number of fused-ring (bicyclic) bond motifs is 1. The van der Waals surface area contributed by atoms with E-state index in [0.717, 1.165) is 22.7 Å². The number of carboxylic acid groups (broad SMARTS) is 1. The number of aliphatic carboxylic acids is 1. The minimum Gasteiger partial charge on any atom is -0.480 e. The minimum absolute atomic E-state index is 0.532. The van der Waals surface area contributed by atoms with Crippen LogP contribution in [0.2, 0.25) is 0 Å². The van der Waals surface area contributed by atoms with Gasteiger partial charge in [-0.05, 0) is 36.1 Å². The molecule has 2 aliphatic heterocycles. The lowest BCUT2D eigenvalue weighted by Crippen LogP contribution is -2.14. The Kier molecular flexibility index (Phi) is 2.96. The minimum atomic E-state index is -0.887. The van der Waals surface area contributed by atoms with Crippen molar-refractivity contribution in [2.24, 2.45) is 15.1 Å². The van der Waals surface area contributed by atoms with E-state index >= 15 is 0 Å². The number of nitrogens with zero attached hydrogens (tertiary/aromatic N) is 5. The summed E-state index contributed by atoms with van der Waals surface area (Å²) in [6.07, 6.45) is 1.78. The summed E-state index contributed by atoms with van der Waals surface area (Å²) in [5.74, 6) is -0.887. The fraction of sp³-hybridized carbons (Fsp3) is 0.308. The van der Waals surface area contributed by atoms with Crippen LogP contribution in [0.15, 0.2) is 33.3 Å². The van der Waals surface area contributed by atoms with Crippen LogP contribution in [-0.2, 0) is 11.2 Å². The average molecular weight is 269 g/mol. The van der Waals surface area contributed by atoms with E-state index < -0.39 is 12.0 Å². The maximum atomic E-state index is 10.9. The van der Waals surface area contributed by atoms with Crippen LogP contribution in [0.25, 0.3) is 10.4 Å². The highest BCUT2D eigenvalue weighted by molar-refractivity contribution is 6.44. The van der Waals surface area contributed by atoms with Gasteiger partial charge in [0.05, 0.1) is 17.1 Å². The number of rotatable bonds is 3. The summed E-state index contributed by atoms with van der Waals surface area (Å²) in [7, 11) is 0. The quantitative estimate of drug-likeness (QED) is 0.516. The van der Waals surface area contributed by atoms with Gasteiger partial charge in [-0.1, -0.05) is 11.2 Å². The SMILES string of the molecule is [N-]=[N+]=Nc1ccc2c(c1)CC(C1=NC(C(=O)O)CC1)=N2. The molecular weight excluding hydrogens is 258 g/mol. The summed E-state index contributed by atoms with van der Waals surface area (Å²) in [4.78, 5) is 22.4. The van der Waals surface area contributed by atoms with Gasteiger partial charge in [-0.25, -0.2) is 4.79 Å². The Morgan fingerprint density at radius 1 is 1.45 bits per heavy atom. The van der Waals surface area contributed by atoms with Crippen molar-refractivity contribution in [1.29, 1.82) is 0 Å². The van der Waals surface area contributed by atoms with Crippen molar-refractivity contribution in [3.63, 3.8) is 0 Å². The second kappa shape index (κ2) is 4.79. The van der Waals surface area contributed by atoms with E-state index in [0.29, 0.717) is 24.9 Å². The lowest BCUT2D eigenvalue weighted by molar-refractivity contribution is -0.138. The van der Waals surface area contributed by atoms with E-state index in [4.69, 9.17) is 10.6 Å². The standard InChI is InChI=1S/C13H11N5O2/c14-18-17-8-1-2-9-7(5-8)6-12(15-9)10-3-4-11(16-10)13(19)20/h1-2,5,11H,3-4,6H2,(H,19,20). The molecule has 0 bridgehead atoms. The van der Waals surface area contributed by atoms with E-state index in [1.54, 1.807) is 18.2 Å². The molecule has 20 heavy (non-hydrogen) atoms. The molecule has 2 heterocycles. The third kappa shape index (κ3) is 2.15. The molecule has 0 saturated heterocycles. The van der Waals surface area contributed by atoms with Crippen molar-refractivity contribution in [2.45, 2.75) is 25.3 Å². The van der Waals surface area contributed by atoms with Crippen LogP contribution in [0, 0.1) is 0 Å². The van der Waals surface area contributed by atoms with Crippen molar-refractivity contribution < 1.29 is 9.90 Å². The van der Waals surface area contributed by atoms with E-state index in [-0.39, 0.29) is 0 Å². The van der Waals surface area contributed by atoms with Gasteiger partial charge in [-0.15, -0.1) is 0 Å². The molecule has 100 valence electrons. The van der Waals surface area contributed by atoms with Crippen LogP contribution < -0.4 is 0 Å². The smallest absolute Gasteiger partial charge is 0.328 e. The number of aliphatic imine (C=N–C) groups is 2. The zero-order valence-corrected chi connectivity index (χ0v) is 10.5. The van der Waals surface area contributed by atoms with Crippen LogP contribution in [0.4, 0.5) is 11.4 Å². The van der Waals surface area contributed by atoms with Gasteiger partial charge in [0.2, 0.25) is 0 Å². The molecule has 1 aromatic carbocycles. The number of benzene rings is 1. The highest BCUT2D eigenvalue weighted by Gasteiger charge is 2.28. The van der Waals surface area contributed by atoms with Gasteiger partial charge in [0.25, 0.3) is 0 Å². The molecule has 0 amide bonds. The van der Waals surface area contributed by atoms with Crippen LogP contribution in [0.5, 0.6) is 0 Å². The summed E-state index contributed by atoms with van der Waals surface area (Å²) in [6, 6.07) is 4.67. The first kappa shape index (κ1) is 12.4. The Morgan fingerprint density at radius 2 is 2.30 bits per heavy atom. The monoisotopic (exact) mass is 269 g/mol. The van der Waals surface area contributed by atoms with Gasteiger partial charge >= 0.3 is 5.97 Å². The maximum Gasteiger partial charge on any atom is 0.328 e.